The fourth-order valence-electron chi connectivity index (χ4n) is 2.01. The van der Waals surface area contributed by atoms with Gasteiger partial charge in [0, 0.05) is 10.0 Å². The quantitative estimate of drug-likeness (QED) is 0.822. The van der Waals surface area contributed by atoms with Crippen molar-refractivity contribution in [1.29, 1.82) is 0 Å². The summed E-state index contributed by atoms with van der Waals surface area (Å²) in [6.07, 6.45) is 4.77. The van der Waals surface area contributed by atoms with Gasteiger partial charge in [-0.3, -0.25) is 0 Å². The Kier molecular flexibility index (Phi) is 3.40. The highest BCUT2D eigenvalue weighted by Crippen LogP contribution is 2.32. The fourth-order valence-corrected chi connectivity index (χ4v) is 2.42. The first-order chi connectivity index (χ1) is 7.59. The molecule has 1 aromatic carbocycles. The van der Waals surface area contributed by atoms with Gasteiger partial charge in [-0.2, -0.15) is 0 Å². The molecule has 0 fully saturated rings. The van der Waals surface area contributed by atoms with Crippen LogP contribution in [0.25, 0.3) is 0 Å². The molecule has 86 valence electrons. The fraction of sp³-hybridized carbons (Fsp3) is 0.333. The van der Waals surface area contributed by atoms with Gasteiger partial charge in [-0.1, -0.05) is 27.6 Å². The van der Waals surface area contributed by atoms with Gasteiger partial charge >= 0.3 is 0 Å². The Balaban J connectivity index is 2.39. The molecule has 0 aliphatic heterocycles. The van der Waals surface area contributed by atoms with E-state index in [1.807, 2.05) is 6.08 Å². The molecule has 0 amide bonds. The van der Waals surface area contributed by atoms with Crippen LogP contribution in [0.5, 0.6) is 0 Å². The van der Waals surface area contributed by atoms with Gasteiger partial charge in [0.15, 0.2) is 0 Å². The molecular formula is C12H12BrF2N. The lowest BCUT2D eigenvalue weighted by molar-refractivity contribution is 0.538. The summed E-state index contributed by atoms with van der Waals surface area (Å²) in [4.78, 5) is 0. The molecule has 0 heterocycles. The largest absolute Gasteiger partial charge is 0.320 e. The summed E-state index contributed by atoms with van der Waals surface area (Å²) in [5, 5.41) is 0. The highest BCUT2D eigenvalue weighted by Gasteiger charge is 2.22. The minimum absolute atomic E-state index is 0.0312. The number of benzene rings is 1. The average molecular weight is 288 g/mol. The van der Waals surface area contributed by atoms with Crippen LogP contribution in [0.15, 0.2) is 28.3 Å². The number of nitrogens with two attached hydrogens (primary N) is 1. The van der Waals surface area contributed by atoms with E-state index >= 15 is 0 Å². The van der Waals surface area contributed by atoms with Gasteiger partial charge in [-0.15, -0.1) is 0 Å². The second-order valence-corrected chi connectivity index (χ2v) is 4.85. The van der Waals surface area contributed by atoms with Crippen LogP contribution < -0.4 is 5.73 Å². The van der Waals surface area contributed by atoms with Crippen LogP contribution in [0.2, 0.25) is 0 Å². The highest BCUT2D eigenvalue weighted by molar-refractivity contribution is 9.10. The van der Waals surface area contributed by atoms with Gasteiger partial charge in [-0.25, -0.2) is 8.78 Å². The van der Waals surface area contributed by atoms with Crippen LogP contribution in [0.3, 0.4) is 0 Å². The number of hydrogen-bond acceptors (Lipinski definition) is 1. The second-order valence-electron chi connectivity index (χ2n) is 3.93. The molecule has 16 heavy (non-hydrogen) atoms. The van der Waals surface area contributed by atoms with Crippen molar-refractivity contribution >= 4 is 15.9 Å². The van der Waals surface area contributed by atoms with Gasteiger partial charge < -0.3 is 5.73 Å². The SMILES string of the molecule is NC(C1=CCCC1)c1c(F)cc(Br)cc1F. The molecule has 4 heteroatoms. The van der Waals surface area contributed by atoms with E-state index in [0.29, 0.717) is 4.47 Å². The van der Waals surface area contributed by atoms with Gasteiger partial charge in [0.2, 0.25) is 0 Å². The molecule has 2 rings (SSSR count). The smallest absolute Gasteiger partial charge is 0.132 e. The van der Waals surface area contributed by atoms with E-state index in [4.69, 9.17) is 5.73 Å². The molecule has 0 saturated carbocycles. The Morgan fingerprint density at radius 1 is 1.25 bits per heavy atom. The molecular weight excluding hydrogens is 276 g/mol. The minimum atomic E-state index is -0.657. The number of halogens is 3. The molecule has 2 N–H and O–H groups in total. The van der Waals surface area contributed by atoms with Gasteiger partial charge in [-0.05, 0) is 31.4 Å². The van der Waals surface area contributed by atoms with Crippen LogP contribution in [0, 0.1) is 11.6 Å². The van der Waals surface area contributed by atoms with E-state index < -0.39 is 17.7 Å². The molecule has 1 aliphatic carbocycles. The Hall–Kier alpha value is -0.740. The van der Waals surface area contributed by atoms with E-state index in [1.54, 1.807) is 0 Å². The zero-order valence-corrected chi connectivity index (χ0v) is 10.2. The molecule has 0 radical (unpaired) electrons. The van der Waals surface area contributed by atoms with E-state index in [0.717, 1.165) is 24.8 Å². The topological polar surface area (TPSA) is 26.0 Å². The molecule has 1 aliphatic rings. The predicted molar refractivity (Wildman–Crippen MR) is 62.9 cm³/mol. The van der Waals surface area contributed by atoms with Crippen molar-refractivity contribution in [1.82, 2.24) is 0 Å². The summed E-state index contributed by atoms with van der Waals surface area (Å²) in [5.74, 6) is -1.18. The van der Waals surface area contributed by atoms with Crippen molar-refractivity contribution in [2.45, 2.75) is 25.3 Å². The van der Waals surface area contributed by atoms with Gasteiger partial charge in [0.25, 0.3) is 0 Å². The van der Waals surface area contributed by atoms with Crippen molar-refractivity contribution < 1.29 is 8.78 Å². The monoisotopic (exact) mass is 287 g/mol. The zero-order valence-electron chi connectivity index (χ0n) is 8.64. The van der Waals surface area contributed by atoms with E-state index in [9.17, 15) is 8.78 Å². The maximum Gasteiger partial charge on any atom is 0.132 e. The lowest BCUT2D eigenvalue weighted by atomic mass is 9.98. The molecule has 1 unspecified atom stereocenters. The second kappa shape index (κ2) is 4.63. The average Bonchev–Trinajstić information content (AvgIpc) is 2.67. The Morgan fingerprint density at radius 3 is 2.38 bits per heavy atom. The molecule has 0 spiro atoms. The molecule has 1 aromatic rings. The summed E-state index contributed by atoms with van der Waals surface area (Å²) in [7, 11) is 0. The number of allylic oxidation sites excluding steroid dienone is 1. The molecule has 1 atom stereocenters. The van der Waals surface area contributed by atoms with Crippen molar-refractivity contribution in [3.05, 3.63) is 45.5 Å². The summed E-state index contributed by atoms with van der Waals surface area (Å²) < 4.78 is 27.7. The zero-order chi connectivity index (χ0) is 11.7. The minimum Gasteiger partial charge on any atom is -0.320 e. The Morgan fingerprint density at radius 2 is 1.88 bits per heavy atom. The summed E-state index contributed by atoms with van der Waals surface area (Å²) in [6, 6.07) is 1.83. The maximum atomic E-state index is 13.6. The summed E-state index contributed by atoms with van der Waals surface area (Å²) in [6.45, 7) is 0. The van der Waals surface area contributed by atoms with Crippen LogP contribution in [0.1, 0.15) is 30.9 Å². The van der Waals surface area contributed by atoms with E-state index in [1.165, 1.54) is 12.1 Å². The van der Waals surface area contributed by atoms with Crippen molar-refractivity contribution in [2.24, 2.45) is 5.73 Å². The third-order valence-electron chi connectivity index (χ3n) is 2.83. The Bertz CT molecular complexity index is 420. The van der Waals surface area contributed by atoms with Crippen LogP contribution in [0.4, 0.5) is 8.78 Å². The van der Waals surface area contributed by atoms with E-state index in [-0.39, 0.29) is 5.56 Å². The highest BCUT2D eigenvalue weighted by atomic mass is 79.9. The summed E-state index contributed by atoms with van der Waals surface area (Å²) >= 11 is 3.04. The van der Waals surface area contributed by atoms with Crippen LogP contribution >= 0.6 is 15.9 Å². The Labute approximate surface area is 101 Å². The number of hydrogen-bond donors (Lipinski definition) is 1. The van der Waals surface area contributed by atoms with Gasteiger partial charge in [0.05, 0.1) is 6.04 Å². The maximum absolute atomic E-state index is 13.6. The first kappa shape index (κ1) is 11.7. The normalized spacial score (nSPS) is 17.4. The van der Waals surface area contributed by atoms with Crippen molar-refractivity contribution in [3.8, 4) is 0 Å². The molecule has 0 bridgehead atoms. The third kappa shape index (κ3) is 2.18. The standard InChI is InChI=1S/C12H12BrF2N/c13-8-5-9(14)11(10(15)6-8)12(16)7-3-1-2-4-7/h3,5-6,12H,1-2,4,16H2. The third-order valence-corrected chi connectivity index (χ3v) is 3.29. The predicted octanol–water partition coefficient (Wildman–Crippen LogP) is 3.84. The molecule has 0 saturated heterocycles. The molecule has 1 nitrogen and oxygen atoms in total. The first-order valence-electron chi connectivity index (χ1n) is 5.18. The number of rotatable bonds is 2. The van der Waals surface area contributed by atoms with Crippen LogP contribution in [-0.2, 0) is 0 Å². The lowest BCUT2D eigenvalue weighted by Gasteiger charge is -2.15. The first-order valence-corrected chi connectivity index (χ1v) is 5.98. The van der Waals surface area contributed by atoms with Gasteiger partial charge in [0.1, 0.15) is 11.6 Å². The lowest BCUT2D eigenvalue weighted by Crippen LogP contribution is -2.16. The van der Waals surface area contributed by atoms with E-state index in [2.05, 4.69) is 15.9 Å². The van der Waals surface area contributed by atoms with Crippen LogP contribution in [-0.4, -0.2) is 0 Å². The molecule has 0 aromatic heterocycles. The van der Waals surface area contributed by atoms with Crippen molar-refractivity contribution in [2.75, 3.05) is 0 Å². The van der Waals surface area contributed by atoms with Crippen molar-refractivity contribution in [3.63, 3.8) is 0 Å². The summed E-state index contributed by atoms with van der Waals surface area (Å²) in [5.41, 5.74) is 6.79.